The van der Waals surface area contributed by atoms with Crippen LogP contribution in [0.15, 0.2) is 69.6 Å². The van der Waals surface area contributed by atoms with E-state index in [0.717, 1.165) is 24.8 Å². The van der Waals surface area contributed by atoms with Crippen LogP contribution in [-0.2, 0) is 23.9 Å². The quantitative estimate of drug-likeness (QED) is 0.0192. The first kappa shape index (κ1) is 54.9. The summed E-state index contributed by atoms with van der Waals surface area (Å²) >= 11 is 0. The van der Waals surface area contributed by atoms with E-state index < -0.39 is 52.8 Å². The van der Waals surface area contributed by atoms with Crippen LogP contribution in [0.25, 0.3) is 0 Å². The number of nitrogens with two attached hydrogens (primary N) is 1. The summed E-state index contributed by atoms with van der Waals surface area (Å²) in [6.07, 6.45) is 25.5. The molecule has 0 aliphatic heterocycles. The fourth-order valence-corrected chi connectivity index (χ4v) is 8.30. The summed E-state index contributed by atoms with van der Waals surface area (Å²) in [6, 6.07) is 15.2. The van der Waals surface area contributed by atoms with Crippen molar-refractivity contribution in [3.8, 4) is 5.88 Å². The van der Waals surface area contributed by atoms with Gasteiger partial charge in [-0.3, -0.25) is 33.8 Å². The molecule has 0 aliphatic rings. The lowest BCUT2D eigenvalue weighted by Gasteiger charge is -2.20. The van der Waals surface area contributed by atoms with Crippen molar-refractivity contribution in [2.24, 2.45) is 27.8 Å². The molecule has 0 radical (unpaired) electrons. The zero-order chi connectivity index (χ0) is 48.1. The molecule has 2 aromatic carbocycles. The first-order chi connectivity index (χ1) is 31.9. The molecule has 13 nitrogen and oxygen atoms in total. The molecule has 0 fully saturated rings. The molecule has 0 aliphatic carbocycles. The Hall–Kier alpha value is -5.46. The number of pyridine rings is 1. The highest BCUT2D eigenvalue weighted by Gasteiger charge is 2.34. The lowest BCUT2D eigenvalue weighted by Crippen LogP contribution is -2.34. The van der Waals surface area contributed by atoms with E-state index in [1.54, 1.807) is 6.92 Å². The molecule has 3 rings (SSSR count). The van der Waals surface area contributed by atoms with Crippen molar-refractivity contribution >= 4 is 46.4 Å². The number of aromatic amines is 1. The van der Waals surface area contributed by atoms with Gasteiger partial charge in [0.1, 0.15) is 23.0 Å². The molecule has 13 heteroatoms. The monoisotopic (exact) mass is 912 g/mol. The molecule has 3 atom stereocenters. The third-order valence-corrected chi connectivity index (χ3v) is 12.3. The summed E-state index contributed by atoms with van der Waals surface area (Å²) in [4.78, 5) is 80.7. The van der Waals surface area contributed by atoms with Crippen molar-refractivity contribution in [3.63, 3.8) is 0 Å². The average Bonchev–Trinajstić information content (AvgIpc) is 3.29. The number of Topliss-reactive ketones (excluding diaryl/α,β-unsaturated/α-hetero) is 2. The Morgan fingerprint density at radius 2 is 1.21 bits per heavy atom. The SMILES string of the molecule is CCCCCCCCCCCCCCCCCCCCCCOC(=O)C(C)CC(=O)C(CC(=O)C(CC)c1ccccc1)C(=O)Nc1ccc(N=Nc2c(C)c(C(N)=O)c(O)[nH]c2=O)cc1. The Morgan fingerprint density at radius 1 is 0.697 bits per heavy atom. The third-order valence-electron chi connectivity index (χ3n) is 12.3. The molecule has 0 saturated heterocycles. The van der Waals surface area contributed by atoms with Gasteiger partial charge in [0.25, 0.3) is 11.5 Å². The number of ketones is 2. The van der Waals surface area contributed by atoms with Crippen LogP contribution in [0.3, 0.4) is 0 Å². The van der Waals surface area contributed by atoms with Gasteiger partial charge >= 0.3 is 5.97 Å². The first-order valence-corrected chi connectivity index (χ1v) is 24.7. The van der Waals surface area contributed by atoms with Gasteiger partial charge in [-0.05, 0) is 49.6 Å². The van der Waals surface area contributed by atoms with Gasteiger partial charge < -0.3 is 20.9 Å². The van der Waals surface area contributed by atoms with Gasteiger partial charge in [-0.1, -0.05) is 173 Å². The van der Waals surface area contributed by atoms with Gasteiger partial charge in [-0.15, -0.1) is 5.11 Å². The molecule has 2 amide bonds. The van der Waals surface area contributed by atoms with Crippen LogP contribution in [0.5, 0.6) is 5.88 Å². The number of carbonyl (C=O) groups is 5. The predicted octanol–water partition coefficient (Wildman–Crippen LogP) is 12.6. The summed E-state index contributed by atoms with van der Waals surface area (Å²) in [5.41, 5.74) is 5.46. The maximum Gasteiger partial charge on any atom is 0.309 e. The van der Waals surface area contributed by atoms with Gasteiger partial charge in [-0.25, -0.2) is 0 Å². The number of hydrogen-bond donors (Lipinski definition) is 4. The van der Waals surface area contributed by atoms with Gasteiger partial charge in [-0.2, -0.15) is 5.11 Å². The molecule has 1 aromatic heterocycles. The highest BCUT2D eigenvalue weighted by Crippen LogP contribution is 2.28. The number of nitrogens with one attached hydrogen (secondary N) is 2. The Labute approximate surface area is 392 Å². The molecular formula is C53H77N5O8. The molecule has 0 spiro atoms. The number of anilines is 1. The predicted molar refractivity (Wildman–Crippen MR) is 262 cm³/mol. The van der Waals surface area contributed by atoms with Crippen molar-refractivity contribution in [2.75, 3.05) is 11.9 Å². The number of rotatable bonds is 35. The van der Waals surface area contributed by atoms with Crippen LogP contribution >= 0.6 is 0 Å². The second-order valence-electron chi connectivity index (χ2n) is 17.8. The average molecular weight is 912 g/mol. The van der Waals surface area contributed by atoms with Gasteiger partial charge in [0.05, 0.1) is 18.2 Å². The summed E-state index contributed by atoms with van der Waals surface area (Å²) in [5, 5.41) is 20.7. The van der Waals surface area contributed by atoms with E-state index in [0.29, 0.717) is 12.1 Å². The van der Waals surface area contributed by atoms with Gasteiger partial charge in [0.15, 0.2) is 5.69 Å². The summed E-state index contributed by atoms with van der Waals surface area (Å²) in [5.74, 6) is -6.32. The fraction of sp³-hybridized carbons (Fsp3) is 0.585. The normalized spacial score (nSPS) is 12.7. The van der Waals surface area contributed by atoms with Crippen LogP contribution in [0.1, 0.15) is 196 Å². The maximum absolute atomic E-state index is 13.8. The van der Waals surface area contributed by atoms with E-state index in [1.165, 1.54) is 140 Å². The second-order valence-corrected chi connectivity index (χ2v) is 17.8. The lowest BCUT2D eigenvalue weighted by atomic mass is 9.84. The molecule has 1 heterocycles. The number of hydrogen-bond acceptors (Lipinski definition) is 10. The van der Waals surface area contributed by atoms with Crippen LogP contribution in [0.4, 0.5) is 17.1 Å². The van der Waals surface area contributed by atoms with E-state index in [2.05, 4.69) is 27.5 Å². The van der Waals surface area contributed by atoms with E-state index in [9.17, 15) is 33.9 Å². The topological polar surface area (TPSA) is 210 Å². The van der Waals surface area contributed by atoms with Crippen LogP contribution in [0, 0.1) is 18.8 Å². The standard InChI is InChI=1S/C53H77N5O8/c1-5-7-8-9-10-11-12-13-14-15-16-17-18-19-20-21-22-23-24-28-35-66-53(65)38(3)36-45(59)44(37-46(60)43(6-2)40-29-26-25-27-30-40)50(62)55-41-31-33-42(34-32-41)57-58-48-39(4)47(49(54)61)51(63)56-52(48)64/h25-27,29-34,38,43-44H,5-24,28,35-37H2,1-4H3,(H2,54,61)(H,55,62)(H2,56,63,64). The van der Waals surface area contributed by atoms with Crippen molar-refractivity contribution in [3.05, 3.63) is 81.6 Å². The Bertz CT molecular complexity index is 2030. The van der Waals surface area contributed by atoms with E-state index in [4.69, 9.17) is 10.5 Å². The molecule has 3 unspecified atom stereocenters. The number of aromatic hydroxyl groups is 1. The zero-order valence-corrected chi connectivity index (χ0v) is 40.2. The van der Waals surface area contributed by atoms with Crippen molar-refractivity contribution in [2.45, 2.75) is 181 Å². The zero-order valence-electron chi connectivity index (χ0n) is 40.2. The molecule has 0 saturated carbocycles. The first-order valence-electron chi connectivity index (χ1n) is 24.7. The highest BCUT2D eigenvalue weighted by molar-refractivity contribution is 6.10. The highest BCUT2D eigenvalue weighted by atomic mass is 16.5. The summed E-state index contributed by atoms with van der Waals surface area (Å²) < 4.78 is 5.54. The molecule has 5 N–H and O–H groups in total. The smallest absolute Gasteiger partial charge is 0.309 e. The number of primary amides is 1. The van der Waals surface area contributed by atoms with Crippen LogP contribution in [-0.4, -0.2) is 46.0 Å². The Kier molecular flexibility index (Phi) is 26.2. The number of esters is 1. The second kappa shape index (κ2) is 31.5. The number of benzene rings is 2. The Balaban J connectivity index is 1.45. The largest absolute Gasteiger partial charge is 0.494 e. The van der Waals surface area contributed by atoms with Crippen molar-refractivity contribution in [1.29, 1.82) is 0 Å². The number of H-pyrrole nitrogens is 1. The van der Waals surface area contributed by atoms with E-state index in [-0.39, 0.29) is 47.7 Å². The van der Waals surface area contributed by atoms with Crippen molar-refractivity contribution < 1.29 is 33.8 Å². The van der Waals surface area contributed by atoms with E-state index >= 15 is 0 Å². The number of ether oxygens (including phenoxy) is 1. The number of carbonyl (C=O) groups excluding carboxylic acids is 5. The molecular weight excluding hydrogens is 835 g/mol. The number of unbranched alkanes of at least 4 members (excludes halogenated alkanes) is 19. The van der Waals surface area contributed by atoms with Gasteiger partial charge in [0.2, 0.25) is 11.8 Å². The minimum absolute atomic E-state index is 0.0489. The molecule has 362 valence electrons. The Morgan fingerprint density at radius 3 is 1.71 bits per heavy atom. The molecule has 0 bridgehead atoms. The van der Waals surface area contributed by atoms with Gasteiger partial charge in [0, 0.05) is 30.0 Å². The fourth-order valence-electron chi connectivity index (χ4n) is 8.30. The number of nitrogens with zero attached hydrogens (tertiary/aromatic N) is 2. The number of amides is 2. The van der Waals surface area contributed by atoms with Crippen LogP contribution in [0.2, 0.25) is 0 Å². The van der Waals surface area contributed by atoms with Crippen molar-refractivity contribution in [1.82, 2.24) is 4.98 Å². The third kappa shape index (κ3) is 20.0. The van der Waals surface area contributed by atoms with Crippen LogP contribution < -0.4 is 16.6 Å². The summed E-state index contributed by atoms with van der Waals surface area (Å²) in [6.45, 7) is 7.41. The number of aromatic nitrogens is 1. The molecule has 66 heavy (non-hydrogen) atoms. The summed E-state index contributed by atoms with van der Waals surface area (Å²) in [7, 11) is 0. The molecule has 3 aromatic rings. The van der Waals surface area contributed by atoms with E-state index in [1.807, 2.05) is 37.3 Å². The number of azo groups is 1. The lowest BCUT2D eigenvalue weighted by molar-refractivity contribution is -0.150. The maximum atomic E-state index is 13.8. The minimum Gasteiger partial charge on any atom is -0.494 e. The minimum atomic E-state index is -1.36.